The Morgan fingerprint density at radius 3 is 2.67 bits per heavy atom. The molecule has 1 nitrogen and oxygen atoms in total. The molecule has 3 heteroatoms. The summed E-state index contributed by atoms with van der Waals surface area (Å²) in [4.78, 5) is 0. The van der Waals surface area contributed by atoms with Gasteiger partial charge in [0.15, 0.2) is 0 Å². The molecular formula is C15H21BrClN. The van der Waals surface area contributed by atoms with Crippen LogP contribution in [0.3, 0.4) is 0 Å². The van der Waals surface area contributed by atoms with Crippen molar-refractivity contribution >= 4 is 27.5 Å². The summed E-state index contributed by atoms with van der Waals surface area (Å²) in [5.41, 5.74) is 2.48. The molecule has 0 aliphatic rings. The molecule has 0 heterocycles. The first-order valence-electron chi connectivity index (χ1n) is 6.42. The highest BCUT2D eigenvalue weighted by atomic mass is 79.9. The fourth-order valence-electron chi connectivity index (χ4n) is 1.84. The van der Waals surface area contributed by atoms with Crippen molar-refractivity contribution in [3.63, 3.8) is 0 Å². The number of hydrogen-bond donors (Lipinski definition) is 1. The Morgan fingerprint density at radius 1 is 1.39 bits per heavy atom. The van der Waals surface area contributed by atoms with Gasteiger partial charge in [-0.1, -0.05) is 53.5 Å². The van der Waals surface area contributed by atoms with E-state index in [-0.39, 0.29) is 0 Å². The lowest BCUT2D eigenvalue weighted by Gasteiger charge is -2.20. The highest BCUT2D eigenvalue weighted by molar-refractivity contribution is 9.10. The van der Waals surface area contributed by atoms with E-state index in [2.05, 4.69) is 47.7 Å². The number of nitrogens with one attached hydrogen (secondary N) is 1. The van der Waals surface area contributed by atoms with E-state index in [1.807, 2.05) is 12.1 Å². The Labute approximate surface area is 124 Å². The van der Waals surface area contributed by atoms with Crippen LogP contribution in [0, 0.1) is 0 Å². The minimum atomic E-state index is 0.299. The second kappa shape index (κ2) is 7.98. The van der Waals surface area contributed by atoms with E-state index in [0.29, 0.717) is 6.04 Å². The van der Waals surface area contributed by atoms with Gasteiger partial charge < -0.3 is 5.32 Å². The van der Waals surface area contributed by atoms with Gasteiger partial charge in [-0.3, -0.25) is 0 Å². The highest BCUT2D eigenvalue weighted by Gasteiger charge is 2.12. The Bertz CT molecular complexity index is 383. The Hall–Kier alpha value is -0.310. The molecule has 0 aromatic heterocycles. The third-order valence-corrected chi connectivity index (χ3v) is 3.60. The lowest BCUT2D eigenvalue weighted by molar-refractivity contribution is 0.523. The van der Waals surface area contributed by atoms with Crippen molar-refractivity contribution in [1.82, 2.24) is 5.32 Å². The number of halogens is 2. The fraction of sp³-hybridized carbons (Fsp3) is 0.467. The van der Waals surface area contributed by atoms with E-state index >= 15 is 0 Å². The van der Waals surface area contributed by atoms with E-state index in [1.54, 1.807) is 0 Å². The van der Waals surface area contributed by atoms with Gasteiger partial charge in [0.25, 0.3) is 0 Å². The van der Waals surface area contributed by atoms with E-state index in [0.717, 1.165) is 35.3 Å². The van der Waals surface area contributed by atoms with Crippen molar-refractivity contribution in [3.05, 3.63) is 45.4 Å². The van der Waals surface area contributed by atoms with E-state index in [9.17, 15) is 0 Å². The quantitative estimate of drug-likeness (QED) is 0.651. The van der Waals surface area contributed by atoms with Crippen molar-refractivity contribution in [2.75, 3.05) is 6.54 Å². The molecule has 100 valence electrons. The zero-order valence-electron chi connectivity index (χ0n) is 11.1. The van der Waals surface area contributed by atoms with Gasteiger partial charge in [0.05, 0.1) is 0 Å². The van der Waals surface area contributed by atoms with Crippen LogP contribution in [0.4, 0.5) is 0 Å². The monoisotopic (exact) mass is 329 g/mol. The maximum Gasteiger partial charge on any atom is 0.0420 e. The molecule has 0 saturated carbocycles. The molecule has 0 radical (unpaired) electrons. The molecule has 1 atom stereocenters. The maximum atomic E-state index is 6.12. The summed E-state index contributed by atoms with van der Waals surface area (Å²) in [6.07, 6.45) is 3.10. The van der Waals surface area contributed by atoms with Gasteiger partial charge in [0.1, 0.15) is 0 Å². The summed E-state index contributed by atoms with van der Waals surface area (Å²) in [6, 6.07) is 6.37. The average Bonchev–Trinajstić information content (AvgIpc) is 2.32. The van der Waals surface area contributed by atoms with Crippen LogP contribution in [-0.4, -0.2) is 6.54 Å². The zero-order valence-corrected chi connectivity index (χ0v) is 13.4. The lowest BCUT2D eigenvalue weighted by atomic mass is 9.98. The molecule has 1 aromatic carbocycles. The van der Waals surface area contributed by atoms with E-state index in [1.165, 1.54) is 11.1 Å². The van der Waals surface area contributed by atoms with Gasteiger partial charge in [-0.2, -0.15) is 0 Å². The highest BCUT2D eigenvalue weighted by Crippen LogP contribution is 2.27. The third-order valence-electron chi connectivity index (χ3n) is 2.92. The van der Waals surface area contributed by atoms with Gasteiger partial charge in [-0.15, -0.1) is 0 Å². The number of benzene rings is 1. The smallest absolute Gasteiger partial charge is 0.0420 e. The molecule has 0 amide bonds. The molecule has 1 rings (SSSR count). The molecule has 0 saturated heterocycles. The van der Waals surface area contributed by atoms with Crippen LogP contribution < -0.4 is 5.32 Å². The summed E-state index contributed by atoms with van der Waals surface area (Å²) in [5, 5.41) is 4.33. The second-order valence-electron chi connectivity index (χ2n) is 4.52. The molecule has 0 aliphatic heterocycles. The van der Waals surface area contributed by atoms with E-state index < -0.39 is 0 Å². The molecule has 1 unspecified atom stereocenters. The molecule has 0 aliphatic carbocycles. The first kappa shape index (κ1) is 15.7. The molecule has 0 spiro atoms. The van der Waals surface area contributed by atoms with Crippen LogP contribution in [0.25, 0.3) is 0 Å². The summed E-state index contributed by atoms with van der Waals surface area (Å²) in [6.45, 7) is 9.43. The van der Waals surface area contributed by atoms with Crippen LogP contribution in [0.15, 0.2) is 34.8 Å². The van der Waals surface area contributed by atoms with Crippen LogP contribution in [-0.2, 0) is 0 Å². The first-order valence-corrected chi connectivity index (χ1v) is 7.60. The minimum Gasteiger partial charge on any atom is -0.310 e. The summed E-state index contributed by atoms with van der Waals surface area (Å²) < 4.78 is 1.02. The predicted octanol–water partition coefficient (Wildman–Crippen LogP) is 5.50. The Morgan fingerprint density at radius 2 is 2.11 bits per heavy atom. The van der Waals surface area contributed by atoms with Gasteiger partial charge in [0.2, 0.25) is 0 Å². The SMILES string of the molecule is C=C(CC)CC(NCCC)c1cc(Cl)cc(Br)c1. The second-order valence-corrected chi connectivity index (χ2v) is 5.87. The summed E-state index contributed by atoms with van der Waals surface area (Å²) >= 11 is 9.62. The van der Waals surface area contributed by atoms with E-state index in [4.69, 9.17) is 11.6 Å². The van der Waals surface area contributed by atoms with Crippen molar-refractivity contribution in [2.24, 2.45) is 0 Å². The zero-order chi connectivity index (χ0) is 13.5. The Balaban J connectivity index is 2.89. The topological polar surface area (TPSA) is 12.0 Å². The number of hydrogen-bond acceptors (Lipinski definition) is 1. The van der Waals surface area contributed by atoms with Gasteiger partial charge in [0, 0.05) is 15.5 Å². The molecule has 18 heavy (non-hydrogen) atoms. The average molecular weight is 331 g/mol. The lowest BCUT2D eigenvalue weighted by Crippen LogP contribution is -2.22. The van der Waals surface area contributed by atoms with Gasteiger partial charge in [-0.05, 0) is 49.6 Å². The molecule has 0 fully saturated rings. The van der Waals surface area contributed by atoms with Crippen LogP contribution >= 0.6 is 27.5 Å². The molecular weight excluding hydrogens is 310 g/mol. The number of rotatable bonds is 7. The van der Waals surface area contributed by atoms with Crippen LogP contribution in [0.5, 0.6) is 0 Å². The molecule has 0 bridgehead atoms. The maximum absolute atomic E-state index is 6.12. The van der Waals surface area contributed by atoms with Crippen LogP contribution in [0.2, 0.25) is 5.02 Å². The standard InChI is InChI=1S/C15H21BrClN/c1-4-6-18-15(7-11(3)5-2)12-8-13(16)10-14(17)9-12/h8-10,15,18H,3-7H2,1-2H3. The third kappa shape index (κ3) is 5.13. The van der Waals surface area contributed by atoms with Gasteiger partial charge in [-0.25, -0.2) is 0 Å². The fourth-order valence-corrected chi connectivity index (χ4v) is 2.72. The summed E-state index contributed by atoms with van der Waals surface area (Å²) in [5.74, 6) is 0. The van der Waals surface area contributed by atoms with Crippen molar-refractivity contribution < 1.29 is 0 Å². The van der Waals surface area contributed by atoms with Crippen molar-refractivity contribution in [1.29, 1.82) is 0 Å². The minimum absolute atomic E-state index is 0.299. The summed E-state index contributed by atoms with van der Waals surface area (Å²) in [7, 11) is 0. The normalized spacial score (nSPS) is 12.4. The molecule has 1 N–H and O–H groups in total. The first-order chi connectivity index (χ1) is 8.56. The van der Waals surface area contributed by atoms with Crippen LogP contribution in [0.1, 0.15) is 44.7 Å². The van der Waals surface area contributed by atoms with Gasteiger partial charge >= 0.3 is 0 Å². The molecule has 1 aromatic rings. The Kier molecular flexibility index (Phi) is 6.98. The largest absolute Gasteiger partial charge is 0.310 e. The van der Waals surface area contributed by atoms with Crippen molar-refractivity contribution in [3.8, 4) is 0 Å². The van der Waals surface area contributed by atoms with Crippen molar-refractivity contribution in [2.45, 2.75) is 39.2 Å². The predicted molar refractivity (Wildman–Crippen MR) is 84.2 cm³/mol.